The van der Waals surface area contributed by atoms with E-state index in [9.17, 15) is 24.2 Å². The molecule has 2 atom stereocenters. The van der Waals surface area contributed by atoms with Crippen molar-refractivity contribution < 1.29 is 28.9 Å². The van der Waals surface area contributed by atoms with Crippen LogP contribution in [0.4, 0.5) is 14.9 Å². The van der Waals surface area contributed by atoms with E-state index in [-0.39, 0.29) is 29.8 Å². The topological polar surface area (TPSA) is 127 Å². The molecule has 52 heavy (non-hydrogen) atoms. The lowest BCUT2D eigenvalue weighted by Crippen LogP contribution is -2.53. The Morgan fingerprint density at radius 2 is 1.71 bits per heavy atom. The van der Waals surface area contributed by atoms with E-state index in [1.807, 2.05) is 24.3 Å². The molecule has 0 saturated carbocycles. The number of halogens is 1. The predicted molar refractivity (Wildman–Crippen MR) is 200 cm³/mol. The minimum Gasteiger partial charge on any atom is -0.506 e. The van der Waals surface area contributed by atoms with Gasteiger partial charge in [0.1, 0.15) is 23.4 Å². The van der Waals surface area contributed by atoms with Gasteiger partial charge in [-0.3, -0.25) is 14.6 Å². The van der Waals surface area contributed by atoms with Crippen molar-refractivity contribution in [2.75, 3.05) is 44.2 Å². The third kappa shape index (κ3) is 10.1. The molecule has 7 rings (SSSR count). The second-order valence-corrected chi connectivity index (χ2v) is 14.1. The third-order valence-corrected chi connectivity index (χ3v) is 10.3. The number of nitrogens with zero attached hydrogens (tertiary/aromatic N) is 2. The first-order chi connectivity index (χ1) is 25.3. The summed E-state index contributed by atoms with van der Waals surface area (Å²) in [5.74, 6) is 0.784. The second kappa shape index (κ2) is 18.3. The van der Waals surface area contributed by atoms with E-state index in [1.54, 1.807) is 29.2 Å². The van der Waals surface area contributed by atoms with E-state index in [4.69, 9.17) is 9.47 Å². The molecule has 4 aromatic rings. The van der Waals surface area contributed by atoms with Crippen molar-refractivity contribution in [3.05, 3.63) is 100 Å². The maximum atomic E-state index is 13.7. The van der Waals surface area contributed by atoms with Gasteiger partial charge in [0.2, 0.25) is 5.56 Å². The van der Waals surface area contributed by atoms with E-state index in [0.717, 1.165) is 95.3 Å². The number of piperidine rings is 3. The lowest BCUT2D eigenvalue weighted by Gasteiger charge is -2.44. The zero-order valence-corrected chi connectivity index (χ0v) is 29.8. The van der Waals surface area contributed by atoms with Crippen LogP contribution in [0.2, 0.25) is 0 Å². The summed E-state index contributed by atoms with van der Waals surface area (Å²) >= 11 is 0. The Bertz CT molecular complexity index is 1810. The number of rotatable bonds is 18. The minimum absolute atomic E-state index is 0.0162. The van der Waals surface area contributed by atoms with Crippen LogP contribution >= 0.6 is 0 Å². The zero-order chi connectivity index (χ0) is 36.3. The van der Waals surface area contributed by atoms with Crippen LogP contribution in [0.15, 0.2) is 77.6 Å². The summed E-state index contributed by atoms with van der Waals surface area (Å²) in [5, 5.41) is 24.7. The number of phenolic OH excluding ortho intramolecular Hbond substituents is 1. The van der Waals surface area contributed by atoms with Crippen LogP contribution in [0.5, 0.6) is 11.5 Å². The molecular formula is C41H51FN4O6. The molecule has 3 aliphatic rings. The summed E-state index contributed by atoms with van der Waals surface area (Å²) < 4.78 is 25.9. The molecule has 3 saturated heterocycles. The number of aromatic hydroxyl groups is 1. The molecule has 278 valence electrons. The summed E-state index contributed by atoms with van der Waals surface area (Å²) in [5.41, 5.74) is 2.20. The average Bonchev–Trinajstić information content (AvgIpc) is 3.15. The van der Waals surface area contributed by atoms with Gasteiger partial charge in [0, 0.05) is 30.2 Å². The Kier molecular flexibility index (Phi) is 13.2. The van der Waals surface area contributed by atoms with Gasteiger partial charge in [-0.25, -0.2) is 9.18 Å². The number of fused-ring (bicyclic) bond motifs is 4. The molecule has 0 spiro atoms. The van der Waals surface area contributed by atoms with Crippen molar-refractivity contribution in [2.24, 2.45) is 5.92 Å². The fraction of sp³-hybridized carbons (Fsp3) is 0.463. The van der Waals surface area contributed by atoms with Crippen molar-refractivity contribution >= 4 is 22.7 Å². The van der Waals surface area contributed by atoms with Gasteiger partial charge in [-0.1, -0.05) is 50.3 Å². The number of pyridine rings is 1. The number of amides is 1. The molecular weight excluding hydrogens is 663 g/mol. The number of aromatic amines is 1. The number of ether oxygens (including phenoxy) is 2. The van der Waals surface area contributed by atoms with Crippen LogP contribution in [-0.2, 0) is 11.3 Å². The number of H-pyrrole nitrogens is 1. The van der Waals surface area contributed by atoms with Crippen molar-refractivity contribution in [3.63, 3.8) is 0 Å². The number of nitrogens with one attached hydrogen (secondary N) is 2. The lowest BCUT2D eigenvalue weighted by molar-refractivity contribution is -0.0311. The summed E-state index contributed by atoms with van der Waals surface area (Å²) in [6.07, 6.45) is 8.43. The first kappa shape index (κ1) is 37.3. The number of aromatic nitrogens is 1. The van der Waals surface area contributed by atoms with Gasteiger partial charge in [-0.2, -0.15) is 0 Å². The zero-order valence-electron chi connectivity index (χ0n) is 29.8. The monoisotopic (exact) mass is 714 g/mol. The van der Waals surface area contributed by atoms with Crippen molar-refractivity contribution in [1.82, 2.24) is 15.2 Å². The summed E-state index contributed by atoms with van der Waals surface area (Å²) in [4.78, 5) is 31.7. The van der Waals surface area contributed by atoms with Crippen LogP contribution < -0.4 is 20.5 Å². The number of phenols is 1. The van der Waals surface area contributed by atoms with Gasteiger partial charge in [0.25, 0.3) is 0 Å². The first-order valence-corrected chi connectivity index (χ1v) is 18.8. The Morgan fingerprint density at radius 1 is 0.962 bits per heavy atom. The highest BCUT2D eigenvalue weighted by Crippen LogP contribution is 2.31. The summed E-state index contributed by atoms with van der Waals surface area (Å²) in [6, 6.07) is 19.9. The Balaban J connectivity index is 0.861. The number of aliphatic hydroxyl groups excluding tert-OH is 1. The van der Waals surface area contributed by atoms with E-state index in [2.05, 4.69) is 15.2 Å². The molecule has 3 aliphatic heterocycles. The molecule has 10 nitrogen and oxygen atoms in total. The number of carbonyl (C=O) groups excluding carboxylic acids is 1. The number of aliphatic hydroxyl groups is 1. The maximum absolute atomic E-state index is 13.7. The Hall–Kier alpha value is -4.45. The van der Waals surface area contributed by atoms with E-state index >= 15 is 0 Å². The van der Waals surface area contributed by atoms with Crippen molar-refractivity contribution in [3.8, 4) is 11.5 Å². The van der Waals surface area contributed by atoms with Crippen LogP contribution in [-0.4, -0.2) is 71.6 Å². The molecule has 0 unspecified atom stereocenters. The molecule has 4 N–H and O–H groups in total. The highest BCUT2D eigenvalue weighted by molar-refractivity contribution is 5.88. The van der Waals surface area contributed by atoms with Crippen molar-refractivity contribution in [2.45, 2.75) is 76.5 Å². The van der Waals surface area contributed by atoms with Gasteiger partial charge < -0.3 is 30.0 Å². The van der Waals surface area contributed by atoms with Gasteiger partial charge in [-0.15, -0.1) is 0 Å². The largest absolute Gasteiger partial charge is 0.506 e. The number of benzene rings is 3. The van der Waals surface area contributed by atoms with Gasteiger partial charge in [0.05, 0.1) is 24.8 Å². The first-order valence-electron chi connectivity index (χ1n) is 18.8. The smallest absolute Gasteiger partial charge is 0.414 e. The fourth-order valence-corrected chi connectivity index (χ4v) is 7.36. The molecule has 2 bridgehead atoms. The van der Waals surface area contributed by atoms with E-state index in [1.165, 1.54) is 24.3 Å². The summed E-state index contributed by atoms with van der Waals surface area (Å²) in [6.45, 7) is 5.00. The Morgan fingerprint density at radius 3 is 2.46 bits per heavy atom. The molecule has 4 heterocycles. The molecule has 11 heteroatoms. The molecule has 0 aliphatic carbocycles. The normalized spacial score (nSPS) is 18.7. The number of hydrogen-bond donors (Lipinski definition) is 4. The lowest BCUT2D eigenvalue weighted by atomic mass is 9.86. The minimum atomic E-state index is -0.752. The van der Waals surface area contributed by atoms with Crippen LogP contribution in [0.1, 0.15) is 75.0 Å². The molecule has 3 fully saturated rings. The highest BCUT2D eigenvalue weighted by atomic mass is 19.1. The number of hydrogen-bond acceptors (Lipinski definition) is 8. The number of unbranched alkanes of at least 4 members (excludes halogenated alkanes) is 6. The van der Waals surface area contributed by atoms with Crippen molar-refractivity contribution in [1.29, 1.82) is 0 Å². The number of carbonyl (C=O) groups is 1. The van der Waals surface area contributed by atoms with Crippen LogP contribution in [0.3, 0.4) is 0 Å². The molecule has 0 radical (unpaired) electrons. The SMILES string of the molecule is O=C(O[C@H]1CN2CCC1CC2)N(Cc1cccc(OCCCCCCCCCNC[C@H](O)c2ccc(O)c3[nH]c(=O)ccc23)c1)c1ccc(F)cc1. The summed E-state index contributed by atoms with van der Waals surface area (Å²) in [7, 11) is 0. The van der Waals surface area contributed by atoms with Crippen LogP contribution in [0.25, 0.3) is 10.9 Å². The standard InChI is InChI=1S/C41H51FN4O6/c42-31-11-13-32(14-12-31)46(41(50)52-38-28-45-22-19-30(38)20-23-45)27-29-9-8-10-33(25-29)51-24-7-5-3-1-2-4-6-21-43-26-37(48)34-15-17-36(47)40-35(34)16-18-39(49)44-40/h8-18,25,30,37-38,43,47-48H,1-7,19-24,26-28H2,(H,44,49)/t37-,38-/m0/s1. The second-order valence-electron chi connectivity index (χ2n) is 14.1. The molecule has 1 aromatic heterocycles. The van der Waals surface area contributed by atoms with E-state index < -0.39 is 12.2 Å². The van der Waals surface area contributed by atoms with Gasteiger partial charge in [0.15, 0.2) is 0 Å². The average molecular weight is 715 g/mol. The number of anilines is 1. The quantitative estimate of drug-likeness (QED) is 0.0809. The molecule has 3 aromatic carbocycles. The fourth-order valence-electron chi connectivity index (χ4n) is 7.36. The van der Waals surface area contributed by atoms with Gasteiger partial charge in [-0.05, 0) is 111 Å². The Labute approximate surface area is 304 Å². The third-order valence-electron chi connectivity index (χ3n) is 10.3. The predicted octanol–water partition coefficient (Wildman–Crippen LogP) is 7.04. The van der Waals surface area contributed by atoms with E-state index in [0.29, 0.717) is 41.2 Å². The highest BCUT2D eigenvalue weighted by Gasteiger charge is 2.37. The molecule has 1 amide bonds. The van der Waals surface area contributed by atoms with Gasteiger partial charge >= 0.3 is 6.09 Å². The maximum Gasteiger partial charge on any atom is 0.414 e. The van der Waals surface area contributed by atoms with Crippen LogP contribution in [0, 0.1) is 11.7 Å².